The van der Waals surface area contributed by atoms with Gasteiger partial charge in [0.15, 0.2) is 6.61 Å². The maximum Gasteiger partial charge on any atom is 0.340 e. The van der Waals surface area contributed by atoms with Gasteiger partial charge in [0.2, 0.25) is 0 Å². The van der Waals surface area contributed by atoms with E-state index < -0.39 is 5.97 Å². The fourth-order valence-corrected chi connectivity index (χ4v) is 4.32. The second-order valence-corrected chi connectivity index (χ2v) is 8.25. The van der Waals surface area contributed by atoms with Gasteiger partial charge >= 0.3 is 5.97 Å². The molecule has 0 aliphatic carbocycles. The summed E-state index contributed by atoms with van der Waals surface area (Å²) in [7, 11) is 0. The van der Waals surface area contributed by atoms with E-state index in [9.17, 15) is 9.59 Å². The molecule has 1 aliphatic rings. The molecule has 1 fully saturated rings. The first kappa shape index (κ1) is 21.8. The van der Waals surface area contributed by atoms with Crippen molar-refractivity contribution in [2.24, 2.45) is 0 Å². The molecule has 32 heavy (non-hydrogen) atoms. The molecule has 2 aromatic carbocycles. The molecule has 1 aromatic heterocycles. The van der Waals surface area contributed by atoms with Crippen LogP contribution in [0, 0.1) is 13.8 Å². The number of hydrogen-bond acceptors (Lipinski definition) is 5. The molecule has 2 heterocycles. The van der Waals surface area contributed by atoms with E-state index in [2.05, 4.69) is 21.3 Å². The minimum Gasteiger partial charge on any atom is -0.452 e. The lowest BCUT2D eigenvalue weighted by Crippen LogP contribution is -2.23. The number of hydrogen-bond donors (Lipinski definition) is 1. The standard InChI is InChI=1S/C26H29N3O3/c1-4-21-25(18(3)20-9-5-6-10-23(20)27-21)26(31)32-16-24(30)28-22-12-11-19(15-17(22)2)29-13-7-8-14-29/h5-6,9-12,15H,4,7-8,13-14,16H2,1-3H3,(H,28,30). The number of amides is 1. The highest BCUT2D eigenvalue weighted by Gasteiger charge is 2.20. The minimum atomic E-state index is -0.520. The van der Waals surface area contributed by atoms with Crippen molar-refractivity contribution in [2.75, 3.05) is 29.9 Å². The van der Waals surface area contributed by atoms with Crippen molar-refractivity contribution in [1.29, 1.82) is 0 Å². The molecule has 6 heteroatoms. The third-order valence-corrected chi connectivity index (χ3v) is 6.06. The second-order valence-electron chi connectivity index (χ2n) is 8.25. The third kappa shape index (κ3) is 4.44. The van der Waals surface area contributed by atoms with Crippen LogP contribution in [0.15, 0.2) is 42.5 Å². The molecule has 0 bridgehead atoms. The Morgan fingerprint density at radius 2 is 1.84 bits per heavy atom. The molecule has 1 aliphatic heterocycles. The largest absolute Gasteiger partial charge is 0.452 e. The van der Waals surface area contributed by atoms with E-state index in [-0.39, 0.29) is 12.5 Å². The summed E-state index contributed by atoms with van der Waals surface area (Å²) in [5.41, 5.74) is 5.69. The zero-order chi connectivity index (χ0) is 22.7. The first-order chi connectivity index (χ1) is 15.5. The van der Waals surface area contributed by atoms with Crippen molar-refractivity contribution in [3.63, 3.8) is 0 Å². The van der Waals surface area contributed by atoms with Crippen LogP contribution >= 0.6 is 0 Å². The summed E-state index contributed by atoms with van der Waals surface area (Å²) in [6.45, 7) is 7.62. The molecule has 0 saturated carbocycles. The normalized spacial score (nSPS) is 13.4. The van der Waals surface area contributed by atoms with Gasteiger partial charge in [-0.3, -0.25) is 9.78 Å². The monoisotopic (exact) mass is 431 g/mol. The minimum absolute atomic E-state index is 0.346. The Morgan fingerprint density at radius 3 is 2.56 bits per heavy atom. The summed E-state index contributed by atoms with van der Waals surface area (Å²) >= 11 is 0. The predicted octanol–water partition coefficient (Wildman–Crippen LogP) is 4.81. The number of pyridine rings is 1. The Bertz CT molecular complexity index is 1170. The number of nitrogens with one attached hydrogen (secondary N) is 1. The van der Waals surface area contributed by atoms with Crippen molar-refractivity contribution in [2.45, 2.75) is 40.0 Å². The third-order valence-electron chi connectivity index (χ3n) is 6.06. The summed E-state index contributed by atoms with van der Waals surface area (Å²) in [6.07, 6.45) is 3.04. The number of benzene rings is 2. The summed E-state index contributed by atoms with van der Waals surface area (Å²) in [5, 5.41) is 3.77. The lowest BCUT2D eigenvalue weighted by molar-refractivity contribution is -0.119. The van der Waals surface area contributed by atoms with Crippen LogP contribution in [-0.4, -0.2) is 36.6 Å². The van der Waals surface area contributed by atoms with Gasteiger partial charge in [-0.1, -0.05) is 25.1 Å². The summed E-state index contributed by atoms with van der Waals surface area (Å²) in [5.74, 6) is -0.881. The maximum absolute atomic E-state index is 12.9. The fraction of sp³-hybridized carbons (Fsp3) is 0.346. The number of anilines is 2. The van der Waals surface area contributed by atoms with Crippen LogP contribution in [0.2, 0.25) is 0 Å². The van der Waals surface area contributed by atoms with Gasteiger partial charge in [0.1, 0.15) is 0 Å². The Kier molecular flexibility index (Phi) is 6.40. The number of carbonyl (C=O) groups is 2. The van der Waals surface area contributed by atoms with Gasteiger partial charge in [0.25, 0.3) is 5.91 Å². The van der Waals surface area contributed by atoms with Gasteiger partial charge in [-0.15, -0.1) is 0 Å². The van der Waals surface area contributed by atoms with E-state index in [4.69, 9.17) is 4.74 Å². The summed E-state index contributed by atoms with van der Waals surface area (Å²) in [6, 6.07) is 13.7. The van der Waals surface area contributed by atoms with Crippen molar-refractivity contribution in [3.05, 3.63) is 64.8 Å². The molecule has 3 aromatic rings. The Balaban J connectivity index is 1.43. The molecule has 0 radical (unpaired) electrons. The molecule has 4 rings (SSSR count). The summed E-state index contributed by atoms with van der Waals surface area (Å²) < 4.78 is 5.38. The zero-order valence-electron chi connectivity index (χ0n) is 18.9. The number of ether oxygens (including phenoxy) is 1. The van der Waals surface area contributed by atoms with E-state index in [0.717, 1.165) is 40.8 Å². The van der Waals surface area contributed by atoms with Crippen molar-refractivity contribution in [3.8, 4) is 0 Å². The number of rotatable bonds is 6. The smallest absolute Gasteiger partial charge is 0.340 e. The molecule has 1 amide bonds. The molecule has 0 spiro atoms. The average molecular weight is 432 g/mol. The molecule has 0 atom stereocenters. The van der Waals surface area contributed by atoms with Gasteiger partial charge in [0.05, 0.1) is 16.8 Å². The van der Waals surface area contributed by atoms with Gasteiger partial charge in [0, 0.05) is 29.9 Å². The number of aromatic nitrogens is 1. The maximum atomic E-state index is 12.9. The van der Waals surface area contributed by atoms with Crippen LogP contribution in [0.5, 0.6) is 0 Å². The van der Waals surface area contributed by atoms with Crippen LogP contribution in [0.3, 0.4) is 0 Å². The Hall–Kier alpha value is -3.41. The van der Waals surface area contributed by atoms with Gasteiger partial charge < -0.3 is 15.0 Å². The molecule has 166 valence electrons. The lowest BCUT2D eigenvalue weighted by Gasteiger charge is -2.19. The molecule has 6 nitrogen and oxygen atoms in total. The second kappa shape index (κ2) is 9.39. The van der Waals surface area contributed by atoms with Gasteiger partial charge in [-0.05, 0) is 68.5 Å². The van der Waals surface area contributed by atoms with Crippen LogP contribution in [-0.2, 0) is 16.0 Å². The highest BCUT2D eigenvalue weighted by atomic mass is 16.5. The summed E-state index contributed by atoms with van der Waals surface area (Å²) in [4.78, 5) is 32.3. The molecule has 1 N–H and O–H groups in total. The molecule has 1 saturated heterocycles. The predicted molar refractivity (Wildman–Crippen MR) is 127 cm³/mol. The molecular formula is C26H29N3O3. The zero-order valence-corrected chi connectivity index (χ0v) is 18.9. The van der Waals surface area contributed by atoms with Gasteiger partial charge in [-0.2, -0.15) is 0 Å². The lowest BCUT2D eigenvalue weighted by atomic mass is 10.0. The quantitative estimate of drug-likeness (QED) is 0.567. The van der Waals surface area contributed by atoms with Crippen molar-refractivity contribution >= 4 is 34.2 Å². The highest BCUT2D eigenvalue weighted by Crippen LogP contribution is 2.26. The number of esters is 1. The Morgan fingerprint density at radius 1 is 1.09 bits per heavy atom. The van der Waals surface area contributed by atoms with Crippen LogP contribution in [0.4, 0.5) is 11.4 Å². The number of nitrogens with zero attached hydrogens (tertiary/aromatic N) is 2. The number of aryl methyl sites for hydroxylation is 3. The van der Waals surface area contributed by atoms with Crippen LogP contribution < -0.4 is 10.2 Å². The van der Waals surface area contributed by atoms with Crippen molar-refractivity contribution in [1.82, 2.24) is 4.98 Å². The highest BCUT2D eigenvalue weighted by molar-refractivity contribution is 6.00. The Labute approximate surface area is 188 Å². The fourth-order valence-electron chi connectivity index (χ4n) is 4.32. The number of para-hydroxylation sites is 1. The van der Waals surface area contributed by atoms with Crippen LogP contribution in [0.25, 0.3) is 10.9 Å². The molecular weight excluding hydrogens is 402 g/mol. The van der Waals surface area contributed by atoms with Crippen LogP contribution in [0.1, 0.15) is 46.9 Å². The van der Waals surface area contributed by atoms with E-state index >= 15 is 0 Å². The van der Waals surface area contributed by atoms with E-state index in [0.29, 0.717) is 17.7 Å². The average Bonchev–Trinajstić information content (AvgIpc) is 3.34. The van der Waals surface area contributed by atoms with Crippen molar-refractivity contribution < 1.29 is 14.3 Å². The van der Waals surface area contributed by atoms with Gasteiger partial charge in [-0.25, -0.2) is 4.79 Å². The molecule has 0 unspecified atom stereocenters. The van der Waals surface area contributed by atoms with E-state index in [1.165, 1.54) is 18.5 Å². The SMILES string of the molecule is CCc1nc2ccccc2c(C)c1C(=O)OCC(=O)Nc1ccc(N2CCCC2)cc1C. The van der Waals surface area contributed by atoms with E-state index in [1.807, 2.05) is 57.2 Å². The number of carbonyl (C=O) groups excluding carboxylic acids is 2. The first-order valence-corrected chi connectivity index (χ1v) is 11.2. The number of fused-ring (bicyclic) bond motifs is 1. The topological polar surface area (TPSA) is 71.5 Å². The first-order valence-electron chi connectivity index (χ1n) is 11.2. The van der Waals surface area contributed by atoms with E-state index in [1.54, 1.807) is 0 Å².